The number of Topliss-reactive ketones (excluding diaryl/α,β-unsaturated/α-hetero) is 1. The fourth-order valence-electron chi connectivity index (χ4n) is 4.57. The molecule has 2 N–H and O–H groups in total. The summed E-state index contributed by atoms with van der Waals surface area (Å²) in [5.41, 5.74) is 0.870. The molecule has 9 nitrogen and oxygen atoms in total. The second-order valence-corrected chi connectivity index (χ2v) is 8.40. The van der Waals surface area contributed by atoms with Gasteiger partial charge in [-0.25, -0.2) is 0 Å². The minimum atomic E-state index is -0.832. The van der Waals surface area contributed by atoms with Crippen LogP contribution in [0.15, 0.2) is 48.0 Å². The first-order valence-electron chi connectivity index (χ1n) is 11.3. The minimum Gasteiger partial charge on any atom is -0.508 e. The molecule has 0 aromatic heterocycles. The van der Waals surface area contributed by atoms with Crippen molar-refractivity contribution < 1.29 is 34.0 Å². The van der Waals surface area contributed by atoms with E-state index >= 15 is 0 Å². The van der Waals surface area contributed by atoms with Crippen molar-refractivity contribution in [3.8, 4) is 17.2 Å². The molecule has 178 valence electrons. The van der Waals surface area contributed by atoms with Crippen LogP contribution in [0.1, 0.15) is 17.2 Å². The molecule has 2 saturated heterocycles. The van der Waals surface area contributed by atoms with E-state index in [4.69, 9.17) is 14.2 Å². The zero-order chi connectivity index (χ0) is 23.7. The highest BCUT2D eigenvalue weighted by Crippen LogP contribution is 2.41. The van der Waals surface area contributed by atoms with E-state index in [-0.39, 0.29) is 17.1 Å². The lowest BCUT2D eigenvalue weighted by Crippen LogP contribution is -2.42. The summed E-state index contributed by atoms with van der Waals surface area (Å²) in [7, 11) is 0. The van der Waals surface area contributed by atoms with Gasteiger partial charge in [0.1, 0.15) is 24.7 Å². The Morgan fingerprint density at radius 2 is 1.71 bits per heavy atom. The summed E-state index contributed by atoms with van der Waals surface area (Å²) in [6.07, 6.45) is 0. The summed E-state index contributed by atoms with van der Waals surface area (Å²) < 4.78 is 16.5. The second kappa shape index (κ2) is 9.36. The zero-order valence-electron chi connectivity index (χ0n) is 18.6. The molecule has 5 rings (SSSR count). The molecule has 2 aromatic carbocycles. The summed E-state index contributed by atoms with van der Waals surface area (Å²) in [6.45, 7) is 4.42. The van der Waals surface area contributed by atoms with Crippen molar-refractivity contribution in [3.05, 3.63) is 59.2 Å². The number of amides is 1. The topological polar surface area (TPSA) is 109 Å². The normalized spacial score (nSPS) is 22.2. The van der Waals surface area contributed by atoms with Crippen LogP contribution >= 0.6 is 0 Å². The first-order valence-corrected chi connectivity index (χ1v) is 11.3. The van der Waals surface area contributed by atoms with Crippen molar-refractivity contribution in [3.63, 3.8) is 0 Å². The van der Waals surface area contributed by atoms with Crippen LogP contribution in [0.4, 0.5) is 0 Å². The van der Waals surface area contributed by atoms with Gasteiger partial charge in [0.25, 0.3) is 11.7 Å². The molecule has 1 amide bonds. The number of morpholine rings is 1. The molecule has 1 atom stereocenters. The molecule has 0 spiro atoms. The molecule has 0 unspecified atom stereocenters. The summed E-state index contributed by atoms with van der Waals surface area (Å²) >= 11 is 0. The highest BCUT2D eigenvalue weighted by atomic mass is 16.6. The van der Waals surface area contributed by atoms with Crippen LogP contribution in [0.3, 0.4) is 0 Å². The van der Waals surface area contributed by atoms with Gasteiger partial charge in [0.05, 0.1) is 24.8 Å². The van der Waals surface area contributed by atoms with Gasteiger partial charge in [0, 0.05) is 31.7 Å². The zero-order valence-corrected chi connectivity index (χ0v) is 18.6. The Morgan fingerprint density at radius 3 is 2.47 bits per heavy atom. The van der Waals surface area contributed by atoms with E-state index in [0.717, 1.165) is 13.1 Å². The Balaban J connectivity index is 1.54. The van der Waals surface area contributed by atoms with Gasteiger partial charge in [0.2, 0.25) is 0 Å². The van der Waals surface area contributed by atoms with Crippen LogP contribution in [0.2, 0.25) is 0 Å². The molecule has 0 aliphatic carbocycles. The number of rotatable bonds is 5. The van der Waals surface area contributed by atoms with E-state index in [0.29, 0.717) is 62.1 Å². The number of phenolic OH excluding ortho intramolecular Hbond substituents is 1. The van der Waals surface area contributed by atoms with Crippen LogP contribution in [0.25, 0.3) is 5.76 Å². The van der Waals surface area contributed by atoms with E-state index < -0.39 is 17.7 Å². The Morgan fingerprint density at radius 1 is 0.941 bits per heavy atom. The SMILES string of the molecule is O=C1C(=O)N(CCN2CCOCC2)[C@H](c2cccc(O)c2)/C1=C(\O)c1ccc2c(c1)OCCO2. The Hall–Kier alpha value is -3.56. The number of aliphatic hydroxyl groups is 1. The third-order valence-corrected chi connectivity index (χ3v) is 6.30. The Labute approximate surface area is 196 Å². The number of carbonyl (C=O) groups excluding carboxylic acids is 2. The lowest BCUT2D eigenvalue weighted by atomic mass is 9.95. The summed E-state index contributed by atoms with van der Waals surface area (Å²) in [5, 5.41) is 21.3. The number of ether oxygens (including phenoxy) is 3. The molecule has 34 heavy (non-hydrogen) atoms. The molecule has 0 bridgehead atoms. The molecular formula is C25H26N2O7. The molecular weight excluding hydrogens is 440 g/mol. The highest BCUT2D eigenvalue weighted by molar-refractivity contribution is 6.46. The molecule has 3 heterocycles. The maximum atomic E-state index is 13.2. The largest absolute Gasteiger partial charge is 0.508 e. The maximum absolute atomic E-state index is 13.2. The first-order chi connectivity index (χ1) is 16.5. The number of benzene rings is 2. The Bertz CT molecular complexity index is 1140. The predicted octanol–water partition coefficient (Wildman–Crippen LogP) is 1.92. The third kappa shape index (κ3) is 4.20. The van der Waals surface area contributed by atoms with Crippen molar-refractivity contribution >= 4 is 17.4 Å². The van der Waals surface area contributed by atoms with Crippen LogP contribution in [0.5, 0.6) is 17.2 Å². The summed E-state index contributed by atoms with van der Waals surface area (Å²) in [5.74, 6) is -0.708. The van der Waals surface area contributed by atoms with Gasteiger partial charge < -0.3 is 29.3 Å². The molecule has 2 aromatic rings. The van der Waals surface area contributed by atoms with Gasteiger partial charge in [-0.05, 0) is 35.9 Å². The van der Waals surface area contributed by atoms with Crippen molar-refractivity contribution in [2.24, 2.45) is 0 Å². The smallest absolute Gasteiger partial charge is 0.295 e. The first kappa shape index (κ1) is 22.2. The number of fused-ring (bicyclic) bond motifs is 1. The van der Waals surface area contributed by atoms with Gasteiger partial charge in [0.15, 0.2) is 11.5 Å². The number of phenols is 1. The fourth-order valence-corrected chi connectivity index (χ4v) is 4.57. The van der Waals surface area contributed by atoms with Crippen LogP contribution in [0, 0.1) is 0 Å². The quantitative estimate of drug-likeness (QED) is 0.391. The average Bonchev–Trinajstić information content (AvgIpc) is 3.12. The van der Waals surface area contributed by atoms with Gasteiger partial charge in [-0.15, -0.1) is 0 Å². The second-order valence-electron chi connectivity index (χ2n) is 8.40. The molecule has 2 fully saturated rings. The van der Waals surface area contributed by atoms with Crippen molar-refractivity contribution in [1.82, 2.24) is 9.80 Å². The highest BCUT2D eigenvalue weighted by Gasteiger charge is 2.46. The number of nitrogens with zero attached hydrogens (tertiary/aromatic N) is 2. The van der Waals surface area contributed by atoms with Crippen molar-refractivity contribution in [2.75, 3.05) is 52.6 Å². The van der Waals surface area contributed by atoms with E-state index in [9.17, 15) is 19.8 Å². The van der Waals surface area contributed by atoms with Crippen LogP contribution in [-0.4, -0.2) is 84.3 Å². The van der Waals surface area contributed by atoms with E-state index in [1.54, 1.807) is 30.3 Å². The lowest BCUT2D eigenvalue weighted by molar-refractivity contribution is -0.140. The number of aromatic hydroxyl groups is 1. The monoisotopic (exact) mass is 466 g/mol. The van der Waals surface area contributed by atoms with E-state index in [1.165, 1.54) is 17.0 Å². The number of likely N-dealkylation sites (tertiary alicyclic amines) is 1. The van der Waals surface area contributed by atoms with Gasteiger partial charge >= 0.3 is 0 Å². The Kier molecular flexibility index (Phi) is 6.12. The van der Waals surface area contributed by atoms with Gasteiger partial charge in [-0.1, -0.05) is 12.1 Å². The van der Waals surface area contributed by atoms with Crippen LogP contribution < -0.4 is 9.47 Å². The molecule has 3 aliphatic rings. The minimum absolute atomic E-state index is 0.00981. The van der Waals surface area contributed by atoms with Crippen molar-refractivity contribution in [1.29, 1.82) is 0 Å². The van der Waals surface area contributed by atoms with E-state index in [1.807, 2.05) is 0 Å². The van der Waals surface area contributed by atoms with Crippen LogP contribution in [-0.2, 0) is 14.3 Å². The molecule has 0 radical (unpaired) electrons. The third-order valence-electron chi connectivity index (χ3n) is 6.30. The number of hydrogen-bond donors (Lipinski definition) is 2. The average molecular weight is 466 g/mol. The molecule has 9 heteroatoms. The summed E-state index contributed by atoms with van der Waals surface area (Å²) in [6, 6.07) is 10.5. The maximum Gasteiger partial charge on any atom is 0.295 e. The standard InChI is InChI=1S/C25H26N2O7/c28-18-3-1-2-16(14-18)22-21(23(29)17-4-5-19-20(15-17)34-13-12-33-19)24(30)25(31)27(22)7-6-26-8-10-32-11-9-26/h1-5,14-15,22,28-29H,6-13H2/b23-21+/t22-/m1/s1. The van der Waals surface area contributed by atoms with Gasteiger partial charge in [-0.2, -0.15) is 0 Å². The number of aliphatic hydroxyl groups excluding tert-OH is 1. The van der Waals surface area contributed by atoms with Crippen molar-refractivity contribution in [2.45, 2.75) is 6.04 Å². The number of carbonyl (C=O) groups is 2. The number of hydrogen-bond acceptors (Lipinski definition) is 8. The molecule has 3 aliphatic heterocycles. The van der Waals surface area contributed by atoms with E-state index in [2.05, 4.69) is 4.90 Å². The lowest BCUT2D eigenvalue weighted by Gasteiger charge is -2.31. The molecule has 0 saturated carbocycles. The van der Waals surface area contributed by atoms with Gasteiger partial charge in [-0.3, -0.25) is 14.5 Å². The fraction of sp³-hybridized carbons (Fsp3) is 0.360. The number of ketones is 1. The predicted molar refractivity (Wildman–Crippen MR) is 122 cm³/mol. The summed E-state index contributed by atoms with van der Waals surface area (Å²) in [4.78, 5) is 29.9.